The molecule has 1 aromatic heterocycles. The van der Waals surface area contributed by atoms with Crippen molar-refractivity contribution in [1.82, 2.24) is 4.98 Å². The van der Waals surface area contributed by atoms with Crippen LogP contribution in [-0.4, -0.2) is 23.7 Å². The van der Waals surface area contributed by atoms with E-state index < -0.39 is 18.7 Å². The first-order valence-electron chi connectivity index (χ1n) is 7.88. The number of nitrogens with zero attached hydrogens (tertiary/aromatic N) is 1. The standard InChI is InChI=1S/C18H18F2N2O2/c1-2-10-3-5-12(15(20)7-10)14-8-16(17(21)23)22-18-13(14)6-4-11(9-19)24-18/h3,5,7-8,11H,2,4,6,9H2,1H3,(H2,21,23)/t11-/m1/s1. The van der Waals surface area contributed by atoms with E-state index >= 15 is 0 Å². The lowest BCUT2D eigenvalue weighted by atomic mass is 9.93. The number of nitrogens with two attached hydrogens (primary N) is 1. The Morgan fingerprint density at radius 1 is 1.38 bits per heavy atom. The number of aryl methyl sites for hydroxylation is 1. The molecule has 0 aliphatic carbocycles. The van der Waals surface area contributed by atoms with Gasteiger partial charge in [0.05, 0.1) is 0 Å². The van der Waals surface area contributed by atoms with Gasteiger partial charge in [-0.15, -0.1) is 0 Å². The zero-order valence-corrected chi connectivity index (χ0v) is 13.3. The molecule has 4 nitrogen and oxygen atoms in total. The number of aromatic nitrogens is 1. The summed E-state index contributed by atoms with van der Waals surface area (Å²) in [6, 6.07) is 6.46. The van der Waals surface area contributed by atoms with E-state index in [9.17, 15) is 13.6 Å². The van der Waals surface area contributed by atoms with Crippen molar-refractivity contribution in [3.05, 3.63) is 46.9 Å². The van der Waals surface area contributed by atoms with Crippen molar-refractivity contribution in [2.45, 2.75) is 32.3 Å². The molecule has 0 radical (unpaired) electrons. The molecule has 3 rings (SSSR count). The number of alkyl halides is 1. The van der Waals surface area contributed by atoms with Crippen LogP contribution < -0.4 is 10.5 Å². The molecule has 24 heavy (non-hydrogen) atoms. The zero-order chi connectivity index (χ0) is 17.3. The molecule has 0 unspecified atom stereocenters. The second kappa shape index (κ2) is 6.55. The fraction of sp³-hybridized carbons (Fsp3) is 0.333. The number of rotatable bonds is 4. The van der Waals surface area contributed by atoms with Crippen molar-refractivity contribution < 1.29 is 18.3 Å². The van der Waals surface area contributed by atoms with Gasteiger partial charge in [-0.25, -0.2) is 13.8 Å². The largest absolute Gasteiger partial charge is 0.471 e. The molecular weight excluding hydrogens is 314 g/mol. The maximum Gasteiger partial charge on any atom is 0.267 e. The molecule has 0 saturated carbocycles. The fourth-order valence-electron chi connectivity index (χ4n) is 2.88. The first-order valence-corrected chi connectivity index (χ1v) is 7.88. The Hall–Kier alpha value is -2.50. The van der Waals surface area contributed by atoms with Gasteiger partial charge in [0.15, 0.2) is 0 Å². The van der Waals surface area contributed by atoms with E-state index in [1.807, 2.05) is 13.0 Å². The lowest BCUT2D eigenvalue weighted by Gasteiger charge is -2.25. The number of carbonyl (C=O) groups is 1. The third-order valence-electron chi connectivity index (χ3n) is 4.24. The van der Waals surface area contributed by atoms with Crippen LogP contribution in [0.15, 0.2) is 24.3 Å². The SMILES string of the molecule is CCc1ccc(-c2cc(C(N)=O)nc3c2CC[C@H](CF)O3)c(F)c1. The summed E-state index contributed by atoms with van der Waals surface area (Å²) < 4.78 is 32.9. The monoisotopic (exact) mass is 332 g/mol. The van der Waals surface area contributed by atoms with Crippen molar-refractivity contribution in [3.8, 4) is 17.0 Å². The van der Waals surface area contributed by atoms with Crippen LogP contribution in [0.3, 0.4) is 0 Å². The Morgan fingerprint density at radius 3 is 2.79 bits per heavy atom. The average molecular weight is 332 g/mol. The van der Waals surface area contributed by atoms with Crippen LogP contribution in [0.25, 0.3) is 11.1 Å². The van der Waals surface area contributed by atoms with Crippen LogP contribution in [0.5, 0.6) is 5.88 Å². The maximum atomic E-state index is 14.5. The first kappa shape index (κ1) is 16.4. The summed E-state index contributed by atoms with van der Waals surface area (Å²) >= 11 is 0. The number of carbonyl (C=O) groups excluding carboxylic acids is 1. The summed E-state index contributed by atoms with van der Waals surface area (Å²) in [6.45, 7) is 1.30. The predicted molar refractivity (Wildman–Crippen MR) is 86.2 cm³/mol. The third kappa shape index (κ3) is 2.96. The quantitative estimate of drug-likeness (QED) is 0.935. The topological polar surface area (TPSA) is 65.2 Å². The van der Waals surface area contributed by atoms with Gasteiger partial charge in [0.1, 0.15) is 24.3 Å². The number of hydrogen-bond donors (Lipinski definition) is 1. The van der Waals surface area contributed by atoms with Crippen LogP contribution in [0.1, 0.15) is 35.0 Å². The number of ether oxygens (including phenoxy) is 1. The van der Waals surface area contributed by atoms with Crippen molar-refractivity contribution in [1.29, 1.82) is 0 Å². The van der Waals surface area contributed by atoms with Crippen LogP contribution >= 0.6 is 0 Å². The molecule has 1 aliphatic rings. The van der Waals surface area contributed by atoms with Gasteiger partial charge in [0.25, 0.3) is 5.91 Å². The minimum atomic E-state index is -0.740. The van der Waals surface area contributed by atoms with E-state index in [0.29, 0.717) is 29.5 Å². The Bertz CT molecular complexity index is 793. The molecule has 0 spiro atoms. The van der Waals surface area contributed by atoms with Gasteiger partial charge in [-0.2, -0.15) is 0 Å². The molecule has 0 bridgehead atoms. The van der Waals surface area contributed by atoms with E-state index in [-0.39, 0.29) is 17.4 Å². The number of benzene rings is 1. The lowest BCUT2D eigenvalue weighted by Crippen LogP contribution is -2.27. The highest BCUT2D eigenvalue weighted by molar-refractivity contribution is 5.93. The molecule has 0 saturated heterocycles. The zero-order valence-electron chi connectivity index (χ0n) is 13.3. The predicted octanol–water partition coefficient (Wildman–Crippen LogP) is 3.21. The Balaban J connectivity index is 2.16. The second-order valence-electron chi connectivity index (χ2n) is 5.80. The van der Waals surface area contributed by atoms with E-state index in [2.05, 4.69) is 4.98 Å². The van der Waals surface area contributed by atoms with Crippen molar-refractivity contribution >= 4 is 5.91 Å². The maximum absolute atomic E-state index is 14.5. The highest BCUT2D eigenvalue weighted by Crippen LogP contribution is 2.36. The molecule has 1 atom stereocenters. The van der Waals surface area contributed by atoms with Crippen LogP contribution in [0, 0.1) is 5.82 Å². The van der Waals surface area contributed by atoms with Gasteiger partial charge in [-0.1, -0.05) is 19.1 Å². The highest BCUT2D eigenvalue weighted by Gasteiger charge is 2.26. The molecule has 0 fully saturated rings. The fourth-order valence-corrected chi connectivity index (χ4v) is 2.88. The van der Waals surface area contributed by atoms with E-state index in [1.165, 1.54) is 12.1 Å². The van der Waals surface area contributed by atoms with Crippen molar-refractivity contribution in [3.63, 3.8) is 0 Å². The highest BCUT2D eigenvalue weighted by atomic mass is 19.1. The van der Waals surface area contributed by atoms with Crippen LogP contribution in [0.4, 0.5) is 8.78 Å². The Morgan fingerprint density at radius 2 is 2.17 bits per heavy atom. The minimum Gasteiger partial charge on any atom is -0.471 e. The average Bonchev–Trinajstić information content (AvgIpc) is 2.60. The number of fused-ring (bicyclic) bond motifs is 1. The third-order valence-corrected chi connectivity index (χ3v) is 4.24. The van der Waals surface area contributed by atoms with Gasteiger partial charge in [0, 0.05) is 11.1 Å². The first-order chi connectivity index (χ1) is 11.5. The van der Waals surface area contributed by atoms with Crippen molar-refractivity contribution in [2.24, 2.45) is 5.73 Å². The van der Waals surface area contributed by atoms with E-state index in [4.69, 9.17) is 10.5 Å². The molecule has 1 aromatic carbocycles. The number of amides is 1. The van der Waals surface area contributed by atoms with E-state index in [1.54, 1.807) is 6.07 Å². The summed E-state index contributed by atoms with van der Waals surface area (Å²) in [5, 5.41) is 0. The normalized spacial score (nSPS) is 16.4. The number of hydrogen-bond acceptors (Lipinski definition) is 3. The van der Waals surface area contributed by atoms with Gasteiger partial charge < -0.3 is 10.5 Å². The number of halogens is 2. The molecule has 2 aromatic rings. The van der Waals surface area contributed by atoms with Crippen LogP contribution in [-0.2, 0) is 12.8 Å². The summed E-state index contributed by atoms with van der Waals surface area (Å²) in [7, 11) is 0. The summed E-state index contributed by atoms with van der Waals surface area (Å²) in [6.07, 6.45) is 1.09. The Labute approximate surface area is 138 Å². The minimum absolute atomic E-state index is 0.0257. The molecule has 126 valence electrons. The van der Waals surface area contributed by atoms with Gasteiger partial charge in [0.2, 0.25) is 5.88 Å². The van der Waals surface area contributed by atoms with Gasteiger partial charge >= 0.3 is 0 Å². The molecule has 2 heterocycles. The number of primary amides is 1. The van der Waals surface area contributed by atoms with Gasteiger partial charge in [-0.05, 0) is 42.5 Å². The van der Waals surface area contributed by atoms with E-state index in [0.717, 1.165) is 12.0 Å². The summed E-state index contributed by atoms with van der Waals surface area (Å²) in [5.74, 6) is -0.962. The smallest absolute Gasteiger partial charge is 0.267 e. The summed E-state index contributed by atoms with van der Waals surface area (Å²) in [5.41, 5.74) is 7.72. The molecule has 2 N–H and O–H groups in total. The van der Waals surface area contributed by atoms with Gasteiger partial charge in [-0.3, -0.25) is 4.79 Å². The van der Waals surface area contributed by atoms with Crippen molar-refractivity contribution in [2.75, 3.05) is 6.67 Å². The molecule has 1 amide bonds. The molecule has 6 heteroatoms. The van der Waals surface area contributed by atoms with Crippen LogP contribution in [0.2, 0.25) is 0 Å². The molecule has 1 aliphatic heterocycles. The summed E-state index contributed by atoms with van der Waals surface area (Å²) in [4.78, 5) is 15.6. The second-order valence-corrected chi connectivity index (χ2v) is 5.80. The number of pyridine rings is 1. The molecular formula is C18H18F2N2O2. The Kier molecular flexibility index (Phi) is 4.46. The lowest BCUT2D eigenvalue weighted by molar-refractivity contribution is 0.0989.